The summed E-state index contributed by atoms with van der Waals surface area (Å²) in [6.45, 7) is 4.22. The molecule has 1 N–H and O–H groups in total. The maximum atomic E-state index is 6.04. The molecule has 1 atom stereocenters. The highest BCUT2D eigenvalue weighted by atomic mass is 16.4. The van der Waals surface area contributed by atoms with Crippen LogP contribution in [-0.2, 0) is 0 Å². The van der Waals surface area contributed by atoms with Gasteiger partial charge in [0, 0.05) is 11.3 Å². The van der Waals surface area contributed by atoms with Crippen molar-refractivity contribution in [3.05, 3.63) is 101 Å². The van der Waals surface area contributed by atoms with E-state index in [4.69, 9.17) is 4.42 Å². The minimum Gasteiger partial charge on any atom is -0.418 e. The number of hydrogen-bond acceptors (Lipinski definition) is 4. The predicted molar refractivity (Wildman–Crippen MR) is 108 cm³/mol. The van der Waals surface area contributed by atoms with Crippen LogP contribution in [0.15, 0.2) is 83.3 Å². The van der Waals surface area contributed by atoms with Crippen molar-refractivity contribution in [2.45, 2.75) is 19.9 Å². The normalized spacial score (nSPS) is 11.9. The summed E-state index contributed by atoms with van der Waals surface area (Å²) in [6.07, 6.45) is 0. The molecule has 0 fully saturated rings. The van der Waals surface area contributed by atoms with Crippen molar-refractivity contribution in [2.75, 3.05) is 5.32 Å². The van der Waals surface area contributed by atoms with Crippen LogP contribution in [0.25, 0.3) is 11.5 Å². The molecule has 1 heterocycles. The molecular formula is C23H21N3O. The Morgan fingerprint density at radius 3 is 2.22 bits per heavy atom. The second-order valence-electron chi connectivity index (χ2n) is 6.55. The Hall–Kier alpha value is -3.40. The molecule has 134 valence electrons. The van der Waals surface area contributed by atoms with Gasteiger partial charge in [0.1, 0.15) is 6.04 Å². The Morgan fingerprint density at radius 2 is 1.48 bits per heavy atom. The summed E-state index contributed by atoms with van der Waals surface area (Å²) in [6, 6.07) is 26.0. The fourth-order valence-corrected chi connectivity index (χ4v) is 3.04. The van der Waals surface area contributed by atoms with E-state index < -0.39 is 0 Å². The standard InChI is InChI=1S/C23H21N3O/c1-16-10-9-15-20(17(16)2)24-21(18-11-5-3-6-12-18)23-26-25-22(27-23)19-13-7-4-8-14-19/h3-15,21,24H,1-2H3/t21-/m1/s1. The first-order chi connectivity index (χ1) is 13.2. The van der Waals surface area contributed by atoms with E-state index in [9.17, 15) is 0 Å². The Kier molecular flexibility index (Phi) is 4.71. The van der Waals surface area contributed by atoms with E-state index in [0.717, 1.165) is 16.8 Å². The van der Waals surface area contributed by atoms with Crippen LogP contribution in [-0.4, -0.2) is 10.2 Å². The highest BCUT2D eigenvalue weighted by Gasteiger charge is 2.22. The number of aromatic nitrogens is 2. The summed E-state index contributed by atoms with van der Waals surface area (Å²) in [5.41, 5.74) is 5.49. The molecule has 27 heavy (non-hydrogen) atoms. The van der Waals surface area contributed by atoms with Crippen molar-refractivity contribution in [2.24, 2.45) is 0 Å². The second kappa shape index (κ2) is 7.46. The van der Waals surface area contributed by atoms with Gasteiger partial charge in [-0.1, -0.05) is 60.7 Å². The number of benzene rings is 3. The summed E-state index contributed by atoms with van der Waals surface area (Å²) in [5.74, 6) is 1.07. The maximum Gasteiger partial charge on any atom is 0.247 e. The molecule has 0 amide bonds. The molecule has 0 aliphatic rings. The van der Waals surface area contributed by atoms with E-state index in [1.807, 2.05) is 48.5 Å². The highest BCUT2D eigenvalue weighted by molar-refractivity contribution is 5.56. The summed E-state index contributed by atoms with van der Waals surface area (Å²) in [4.78, 5) is 0. The van der Waals surface area contributed by atoms with Crippen LogP contribution < -0.4 is 5.32 Å². The fourth-order valence-electron chi connectivity index (χ4n) is 3.04. The van der Waals surface area contributed by atoms with Crippen molar-refractivity contribution in [3.63, 3.8) is 0 Å². The van der Waals surface area contributed by atoms with Gasteiger partial charge < -0.3 is 9.73 Å². The maximum absolute atomic E-state index is 6.04. The van der Waals surface area contributed by atoms with Crippen molar-refractivity contribution in [1.29, 1.82) is 0 Å². The first-order valence-electron chi connectivity index (χ1n) is 8.99. The largest absolute Gasteiger partial charge is 0.418 e. The smallest absolute Gasteiger partial charge is 0.247 e. The molecule has 4 rings (SSSR count). The van der Waals surface area contributed by atoms with Crippen LogP contribution >= 0.6 is 0 Å². The van der Waals surface area contributed by atoms with Gasteiger partial charge in [0.25, 0.3) is 0 Å². The predicted octanol–water partition coefficient (Wildman–Crippen LogP) is 5.55. The summed E-state index contributed by atoms with van der Waals surface area (Å²) < 4.78 is 6.04. The number of hydrogen-bond donors (Lipinski definition) is 1. The molecule has 0 radical (unpaired) electrons. The molecule has 0 aliphatic carbocycles. The second-order valence-corrected chi connectivity index (χ2v) is 6.55. The van der Waals surface area contributed by atoms with Crippen LogP contribution in [0.2, 0.25) is 0 Å². The van der Waals surface area contributed by atoms with E-state index in [1.54, 1.807) is 0 Å². The molecular weight excluding hydrogens is 334 g/mol. The average Bonchev–Trinajstić information content (AvgIpc) is 3.20. The van der Waals surface area contributed by atoms with Gasteiger partial charge in [-0.05, 0) is 48.7 Å². The zero-order chi connectivity index (χ0) is 18.6. The monoisotopic (exact) mass is 355 g/mol. The summed E-state index contributed by atoms with van der Waals surface area (Å²) in [7, 11) is 0. The number of nitrogens with one attached hydrogen (secondary N) is 1. The van der Waals surface area contributed by atoms with Crippen LogP contribution in [0.5, 0.6) is 0 Å². The number of aryl methyl sites for hydroxylation is 1. The van der Waals surface area contributed by atoms with Gasteiger partial charge in [0.05, 0.1) is 0 Å². The van der Waals surface area contributed by atoms with E-state index >= 15 is 0 Å². The molecule has 4 heteroatoms. The van der Waals surface area contributed by atoms with Gasteiger partial charge in [-0.15, -0.1) is 10.2 Å². The van der Waals surface area contributed by atoms with E-state index in [-0.39, 0.29) is 6.04 Å². The molecule has 4 nitrogen and oxygen atoms in total. The van der Waals surface area contributed by atoms with Gasteiger partial charge in [-0.25, -0.2) is 0 Å². The van der Waals surface area contributed by atoms with Crippen molar-refractivity contribution in [3.8, 4) is 11.5 Å². The quantitative estimate of drug-likeness (QED) is 0.509. The first kappa shape index (κ1) is 17.0. The lowest BCUT2D eigenvalue weighted by atomic mass is 10.0. The molecule has 0 unspecified atom stereocenters. The lowest BCUT2D eigenvalue weighted by Gasteiger charge is -2.19. The van der Waals surface area contributed by atoms with Gasteiger partial charge in [0.2, 0.25) is 11.8 Å². The molecule has 0 bridgehead atoms. The van der Waals surface area contributed by atoms with Gasteiger partial charge in [-0.3, -0.25) is 0 Å². The number of rotatable bonds is 5. The third kappa shape index (κ3) is 3.60. The lowest BCUT2D eigenvalue weighted by molar-refractivity contribution is 0.494. The summed E-state index contributed by atoms with van der Waals surface area (Å²) >= 11 is 0. The fraction of sp³-hybridized carbons (Fsp3) is 0.130. The molecule has 4 aromatic rings. The topological polar surface area (TPSA) is 51.0 Å². The van der Waals surface area contributed by atoms with Crippen molar-refractivity contribution < 1.29 is 4.42 Å². The number of anilines is 1. The van der Waals surface area contributed by atoms with Gasteiger partial charge >= 0.3 is 0 Å². The van der Waals surface area contributed by atoms with E-state index in [1.165, 1.54) is 11.1 Å². The molecule has 3 aromatic carbocycles. The lowest BCUT2D eigenvalue weighted by Crippen LogP contribution is -2.14. The van der Waals surface area contributed by atoms with Gasteiger partial charge in [0.15, 0.2) is 0 Å². The van der Waals surface area contributed by atoms with Gasteiger partial charge in [-0.2, -0.15) is 0 Å². The van der Waals surface area contributed by atoms with Crippen LogP contribution in [0, 0.1) is 13.8 Å². The first-order valence-corrected chi connectivity index (χ1v) is 8.99. The Morgan fingerprint density at radius 1 is 0.778 bits per heavy atom. The molecule has 0 saturated heterocycles. The molecule has 1 aromatic heterocycles. The Balaban J connectivity index is 1.73. The van der Waals surface area contributed by atoms with Crippen LogP contribution in [0.1, 0.15) is 28.6 Å². The molecule has 0 aliphatic heterocycles. The third-order valence-corrected chi connectivity index (χ3v) is 4.75. The minimum atomic E-state index is -0.225. The van der Waals surface area contributed by atoms with Crippen LogP contribution in [0.3, 0.4) is 0 Å². The molecule has 0 spiro atoms. The molecule has 0 saturated carbocycles. The average molecular weight is 355 g/mol. The SMILES string of the molecule is Cc1cccc(N[C@H](c2ccccc2)c2nnc(-c3ccccc3)o2)c1C. The zero-order valence-corrected chi connectivity index (χ0v) is 15.4. The third-order valence-electron chi connectivity index (χ3n) is 4.75. The zero-order valence-electron chi connectivity index (χ0n) is 15.4. The highest BCUT2D eigenvalue weighted by Crippen LogP contribution is 2.30. The van der Waals surface area contributed by atoms with Crippen molar-refractivity contribution >= 4 is 5.69 Å². The van der Waals surface area contributed by atoms with E-state index in [2.05, 4.69) is 59.7 Å². The summed E-state index contributed by atoms with van der Waals surface area (Å²) in [5, 5.41) is 12.2. The van der Waals surface area contributed by atoms with E-state index in [0.29, 0.717) is 11.8 Å². The Labute approximate surface area is 158 Å². The van der Waals surface area contributed by atoms with Crippen LogP contribution in [0.4, 0.5) is 5.69 Å². The number of nitrogens with zero attached hydrogens (tertiary/aromatic N) is 2. The minimum absolute atomic E-state index is 0.225. The Bertz CT molecular complexity index is 1030. The van der Waals surface area contributed by atoms with Crippen molar-refractivity contribution in [1.82, 2.24) is 10.2 Å².